The minimum atomic E-state index is -0.423. The summed E-state index contributed by atoms with van der Waals surface area (Å²) in [5.41, 5.74) is 6.65. The van der Waals surface area contributed by atoms with Gasteiger partial charge < -0.3 is 11.1 Å². The molecule has 1 atom stereocenters. The molecule has 0 aromatic heterocycles. The van der Waals surface area contributed by atoms with Gasteiger partial charge in [-0.1, -0.05) is 12.1 Å². The van der Waals surface area contributed by atoms with Crippen molar-refractivity contribution in [2.75, 3.05) is 6.54 Å². The Hall–Kier alpha value is -1.95. The Morgan fingerprint density at radius 2 is 2.22 bits per heavy atom. The number of hydrogen-bond donors (Lipinski definition) is 2. The third-order valence-electron chi connectivity index (χ3n) is 2.68. The van der Waals surface area contributed by atoms with E-state index < -0.39 is 4.92 Å². The maximum Gasteiger partial charge on any atom is 0.272 e. The summed E-state index contributed by atoms with van der Waals surface area (Å²) >= 11 is 0. The normalized spacial score (nSPS) is 11.9. The van der Waals surface area contributed by atoms with Gasteiger partial charge in [-0.3, -0.25) is 14.9 Å². The van der Waals surface area contributed by atoms with E-state index in [1.165, 1.54) is 6.07 Å². The Labute approximate surface area is 105 Å². The summed E-state index contributed by atoms with van der Waals surface area (Å²) in [5, 5.41) is 13.6. The molecule has 0 aliphatic rings. The van der Waals surface area contributed by atoms with E-state index in [2.05, 4.69) is 5.32 Å². The first-order valence-electron chi connectivity index (χ1n) is 5.70. The zero-order valence-corrected chi connectivity index (χ0v) is 10.5. The van der Waals surface area contributed by atoms with Crippen molar-refractivity contribution in [3.05, 3.63) is 39.4 Å². The second-order valence-corrected chi connectivity index (χ2v) is 4.13. The Morgan fingerprint density at radius 1 is 1.56 bits per heavy atom. The summed E-state index contributed by atoms with van der Waals surface area (Å²) in [6.45, 7) is 3.75. The molecule has 1 unspecified atom stereocenters. The molecule has 0 saturated carbocycles. The summed E-state index contributed by atoms with van der Waals surface area (Å²) in [4.78, 5) is 21.8. The molecule has 0 spiro atoms. The van der Waals surface area contributed by atoms with Crippen molar-refractivity contribution in [3.8, 4) is 0 Å². The number of rotatable bonds is 5. The molecule has 18 heavy (non-hydrogen) atoms. The first-order valence-corrected chi connectivity index (χ1v) is 5.70. The molecule has 6 nitrogen and oxygen atoms in total. The average Bonchev–Trinajstić information content (AvgIpc) is 2.29. The van der Waals surface area contributed by atoms with E-state index in [9.17, 15) is 14.9 Å². The number of nitro benzene ring substituents is 1. The fourth-order valence-corrected chi connectivity index (χ4v) is 1.62. The van der Waals surface area contributed by atoms with E-state index >= 15 is 0 Å². The quantitative estimate of drug-likeness (QED) is 0.610. The number of hydrogen-bond acceptors (Lipinski definition) is 4. The van der Waals surface area contributed by atoms with E-state index in [1.807, 2.05) is 0 Å². The molecule has 0 aliphatic heterocycles. The van der Waals surface area contributed by atoms with Crippen LogP contribution in [0.5, 0.6) is 0 Å². The standard InChI is InChI=1S/C12H17N3O3/c1-8-3-4-10(7-11(8)15(17)18)9(2)14-12(16)5-6-13/h3-4,7,9H,5-6,13H2,1-2H3,(H,14,16). The highest BCUT2D eigenvalue weighted by atomic mass is 16.6. The number of nitro groups is 1. The van der Waals surface area contributed by atoms with Crippen LogP contribution in [0.25, 0.3) is 0 Å². The summed E-state index contributed by atoms with van der Waals surface area (Å²) in [6.07, 6.45) is 0.248. The number of amides is 1. The van der Waals surface area contributed by atoms with Gasteiger partial charge in [-0.25, -0.2) is 0 Å². The van der Waals surface area contributed by atoms with Crippen LogP contribution in [-0.4, -0.2) is 17.4 Å². The second-order valence-electron chi connectivity index (χ2n) is 4.13. The molecule has 1 aromatic rings. The van der Waals surface area contributed by atoms with Crippen molar-refractivity contribution < 1.29 is 9.72 Å². The lowest BCUT2D eigenvalue weighted by Gasteiger charge is -2.14. The highest BCUT2D eigenvalue weighted by molar-refractivity contribution is 5.76. The average molecular weight is 251 g/mol. The fourth-order valence-electron chi connectivity index (χ4n) is 1.62. The monoisotopic (exact) mass is 251 g/mol. The van der Waals surface area contributed by atoms with Crippen LogP contribution >= 0.6 is 0 Å². The van der Waals surface area contributed by atoms with Gasteiger partial charge in [0.15, 0.2) is 0 Å². The molecule has 1 amide bonds. The molecule has 98 valence electrons. The van der Waals surface area contributed by atoms with E-state index in [0.29, 0.717) is 11.1 Å². The Balaban J connectivity index is 2.86. The first-order chi connectivity index (χ1) is 8.45. The summed E-state index contributed by atoms with van der Waals surface area (Å²) in [7, 11) is 0. The summed E-state index contributed by atoms with van der Waals surface area (Å²) < 4.78 is 0. The van der Waals surface area contributed by atoms with E-state index in [1.54, 1.807) is 26.0 Å². The highest BCUT2D eigenvalue weighted by Crippen LogP contribution is 2.23. The minimum Gasteiger partial charge on any atom is -0.350 e. The lowest BCUT2D eigenvalue weighted by Crippen LogP contribution is -2.28. The maximum atomic E-state index is 11.4. The molecule has 0 aliphatic carbocycles. The van der Waals surface area contributed by atoms with Crippen molar-refractivity contribution in [3.63, 3.8) is 0 Å². The summed E-state index contributed by atoms with van der Waals surface area (Å²) in [6, 6.07) is 4.67. The minimum absolute atomic E-state index is 0.0624. The fraction of sp³-hybridized carbons (Fsp3) is 0.417. The van der Waals surface area contributed by atoms with Crippen LogP contribution in [0.4, 0.5) is 5.69 Å². The molecule has 3 N–H and O–H groups in total. The zero-order valence-electron chi connectivity index (χ0n) is 10.5. The van der Waals surface area contributed by atoms with Gasteiger partial charge >= 0.3 is 0 Å². The molecule has 1 aromatic carbocycles. The van der Waals surface area contributed by atoms with Crippen LogP contribution < -0.4 is 11.1 Å². The van der Waals surface area contributed by atoms with Crippen molar-refractivity contribution >= 4 is 11.6 Å². The molecule has 0 heterocycles. The lowest BCUT2D eigenvalue weighted by molar-refractivity contribution is -0.385. The SMILES string of the molecule is Cc1ccc(C(C)NC(=O)CCN)cc1[N+](=O)[O-]. The van der Waals surface area contributed by atoms with Gasteiger partial charge in [-0.2, -0.15) is 0 Å². The van der Waals surface area contributed by atoms with Crippen molar-refractivity contribution in [2.24, 2.45) is 5.73 Å². The number of nitrogens with two attached hydrogens (primary N) is 1. The van der Waals surface area contributed by atoms with E-state index in [0.717, 1.165) is 0 Å². The second kappa shape index (κ2) is 6.11. The smallest absolute Gasteiger partial charge is 0.272 e. The largest absolute Gasteiger partial charge is 0.350 e. The third kappa shape index (κ3) is 3.53. The van der Waals surface area contributed by atoms with Crippen LogP contribution in [0.2, 0.25) is 0 Å². The van der Waals surface area contributed by atoms with Gasteiger partial charge in [-0.05, 0) is 19.4 Å². The molecule has 6 heteroatoms. The number of nitrogens with zero attached hydrogens (tertiary/aromatic N) is 1. The van der Waals surface area contributed by atoms with Crippen molar-refractivity contribution in [1.82, 2.24) is 5.32 Å². The Morgan fingerprint density at radius 3 is 2.78 bits per heavy atom. The molecular formula is C12H17N3O3. The third-order valence-corrected chi connectivity index (χ3v) is 2.68. The maximum absolute atomic E-state index is 11.4. The number of nitrogens with one attached hydrogen (secondary N) is 1. The van der Waals surface area contributed by atoms with Gasteiger partial charge in [0.2, 0.25) is 5.91 Å². The highest BCUT2D eigenvalue weighted by Gasteiger charge is 2.15. The van der Waals surface area contributed by atoms with Crippen molar-refractivity contribution in [1.29, 1.82) is 0 Å². The predicted octanol–water partition coefficient (Wildman–Crippen LogP) is 1.43. The first kappa shape index (κ1) is 14.1. The van der Waals surface area contributed by atoms with E-state index in [-0.39, 0.29) is 30.6 Å². The lowest BCUT2D eigenvalue weighted by atomic mass is 10.0. The van der Waals surface area contributed by atoms with Crippen molar-refractivity contribution in [2.45, 2.75) is 26.3 Å². The molecule has 1 rings (SSSR count). The number of carbonyl (C=O) groups excluding carboxylic acids is 1. The van der Waals surface area contributed by atoms with Gasteiger partial charge in [0.25, 0.3) is 5.69 Å². The van der Waals surface area contributed by atoms with E-state index in [4.69, 9.17) is 5.73 Å². The van der Waals surface area contributed by atoms with Crippen LogP contribution in [-0.2, 0) is 4.79 Å². The van der Waals surface area contributed by atoms with Gasteiger partial charge in [0.05, 0.1) is 11.0 Å². The molecular weight excluding hydrogens is 234 g/mol. The van der Waals surface area contributed by atoms with Crippen LogP contribution in [0.15, 0.2) is 18.2 Å². The molecule has 0 fully saturated rings. The summed E-state index contributed by atoms with van der Waals surface area (Å²) in [5.74, 6) is -0.159. The Kier molecular flexibility index (Phi) is 4.79. The van der Waals surface area contributed by atoms with Crippen LogP contribution in [0.3, 0.4) is 0 Å². The van der Waals surface area contributed by atoms with Crippen LogP contribution in [0.1, 0.15) is 30.5 Å². The molecule has 0 bridgehead atoms. The molecule has 0 saturated heterocycles. The topological polar surface area (TPSA) is 98.3 Å². The molecule has 0 radical (unpaired) electrons. The predicted molar refractivity (Wildman–Crippen MR) is 68.1 cm³/mol. The van der Waals surface area contributed by atoms with Gasteiger partial charge in [0, 0.05) is 24.6 Å². The van der Waals surface area contributed by atoms with Crippen LogP contribution in [0, 0.1) is 17.0 Å². The number of aryl methyl sites for hydroxylation is 1. The van der Waals surface area contributed by atoms with Gasteiger partial charge in [-0.15, -0.1) is 0 Å². The number of benzene rings is 1. The number of carbonyl (C=O) groups is 1. The zero-order chi connectivity index (χ0) is 13.7. The van der Waals surface area contributed by atoms with Gasteiger partial charge in [0.1, 0.15) is 0 Å². The Bertz CT molecular complexity index is 460.